The van der Waals surface area contributed by atoms with Crippen LogP contribution in [0.1, 0.15) is 71.9 Å². The van der Waals surface area contributed by atoms with Crippen LogP contribution >= 0.6 is 23.1 Å². The smallest absolute Gasteiger partial charge is 0.309 e. The predicted molar refractivity (Wildman–Crippen MR) is 137 cm³/mol. The van der Waals surface area contributed by atoms with E-state index < -0.39 is 35.6 Å². The number of Topliss-reactive ketones (excluding diaryl/α,β-unsaturated/α-hetero) is 1. The number of ketones is 1. The number of aromatic nitrogens is 1. The van der Waals surface area contributed by atoms with Crippen LogP contribution in [0.25, 0.3) is 6.08 Å². The molecule has 188 valence electrons. The predicted octanol–water partition coefficient (Wildman–Crippen LogP) is 5.04. The van der Waals surface area contributed by atoms with Crippen LogP contribution < -0.4 is 0 Å². The summed E-state index contributed by atoms with van der Waals surface area (Å²) in [5.41, 5.74) is 1.85. The van der Waals surface area contributed by atoms with E-state index in [4.69, 9.17) is 4.74 Å². The quantitative estimate of drug-likeness (QED) is 0.336. The minimum Gasteiger partial charge on any atom is -0.457 e. The topological polar surface area (TPSA) is 96.7 Å². The Morgan fingerprint density at radius 1 is 1.35 bits per heavy atom. The largest absolute Gasteiger partial charge is 0.457 e. The second-order valence-electron chi connectivity index (χ2n) is 10.0. The summed E-state index contributed by atoms with van der Waals surface area (Å²) in [7, 11) is 0. The molecule has 1 saturated carbocycles. The number of carbonyl (C=O) groups excluding carboxylic acids is 2. The molecule has 1 aromatic heterocycles. The van der Waals surface area contributed by atoms with E-state index in [2.05, 4.69) is 18.0 Å². The normalized spacial score (nSPS) is 35.8. The van der Waals surface area contributed by atoms with Crippen molar-refractivity contribution < 1.29 is 24.5 Å². The molecule has 6 atom stereocenters. The van der Waals surface area contributed by atoms with Crippen LogP contribution in [0, 0.1) is 17.3 Å². The summed E-state index contributed by atoms with van der Waals surface area (Å²) < 4.78 is 6.82. The van der Waals surface area contributed by atoms with Crippen molar-refractivity contribution in [2.45, 2.75) is 88.9 Å². The van der Waals surface area contributed by atoms with Gasteiger partial charge in [-0.25, -0.2) is 4.98 Å². The van der Waals surface area contributed by atoms with Crippen molar-refractivity contribution in [3.8, 4) is 0 Å². The zero-order valence-electron chi connectivity index (χ0n) is 20.7. The van der Waals surface area contributed by atoms with E-state index in [1.54, 1.807) is 36.9 Å². The molecule has 2 heterocycles. The molecule has 0 spiro atoms. The third-order valence-corrected chi connectivity index (χ3v) is 9.29. The Morgan fingerprint density at radius 2 is 2.09 bits per heavy atom. The van der Waals surface area contributed by atoms with E-state index >= 15 is 0 Å². The highest BCUT2D eigenvalue weighted by molar-refractivity contribution is 8.00. The minimum absolute atomic E-state index is 0.0821. The van der Waals surface area contributed by atoms with Gasteiger partial charge in [-0.15, -0.1) is 11.3 Å². The number of fused-ring (bicyclic) bond motifs is 2. The fourth-order valence-corrected chi connectivity index (χ4v) is 6.37. The molecule has 8 heteroatoms. The maximum atomic E-state index is 13.1. The van der Waals surface area contributed by atoms with Crippen molar-refractivity contribution in [1.82, 2.24) is 4.98 Å². The molecule has 3 rings (SSSR count). The third kappa shape index (κ3) is 6.20. The number of nitrogens with zero attached hydrogens (tertiary/aromatic N) is 1. The van der Waals surface area contributed by atoms with Crippen LogP contribution in [0.2, 0.25) is 0 Å². The summed E-state index contributed by atoms with van der Waals surface area (Å²) in [5, 5.41) is 23.7. The van der Waals surface area contributed by atoms with Crippen LogP contribution in [-0.4, -0.2) is 51.5 Å². The fraction of sp³-hybridized carbons (Fsp3) is 0.654. The van der Waals surface area contributed by atoms with Gasteiger partial charge in [0.25, 0.3) is 0 Å². The van der Waals surface area contributed by atoms with Crippen molar-refractivity contribution in [3.05, 3.63) is 28.3 Å². The van der Waals surface area contributed by atoms with Gasteiger partial charge in [0, 0.05) is 17.7 Å². The lowest BCUT2D eigenvalue weighted by molar-refractivity contribution is -0.161. The number of hydrogen-bond donors (Lipinski definition) is 2. The molecule has 6 nitrogen and oxygen atoms in total. The number of allylic oxidation sites excluding steroid dienone is 1. The SMILES string of the molecule is CSc1nc(/C=C(\C)[C@@H]2C/C=C(/C)CCC[C@@H]3C[C@@](C)(C(=O)[C@H](C)[C@H]3O)[C@@H](O)CC(=O)O2)cs1. The van der Waals surface area contributed by atoms with Crippen molar-refractivity contribution in [3.63, 3.8) is 0 Å². The summed E-state index contributed by atoms with van der Waals surface area (Å²) in [6.45, 7) is 7.46. The van der Waals surface area contributed by atoms with Gasteiger partial charge in [-0.3, -0.25) is 9.59 Å². The highest BCUT2D eigenvalue weighted by atomic mass is 32.2. The molecule has 0 radical (unpaired) electrons. The third-order valence-electron chi connectivity index (χ3n) is 7.41. The Hall–Kier alpha value is -1.48. The van der Waals surface area contributed by atoms with E-state index in [9.17, 15) is 19.8 Å². The summed E-state index contributed by atoms with van der Waals surface area (Å²) in [6, 6.07) is 0. The van der Waals surface area contributed by atoms with Crippen molar-refractivity contribution >= 4 is 40.9 Å². The minimum atomic E-state index is -1.15. The summed E-state index contributed by atoms with van der Waals surface area (Å²) >= 11 is 3.17. The Morgan fingerprint density at radius 3 is 2.76 bits per heavy atom. The Balaban J connectivity index is 1.87. The molecule has 2 bridgehead atoms. The van der Waals surface area contributed by atoms with Gasteiger partial charge >= 0.3 is 5.97 Å². The summed E-state index contributed by atoms with van der Waals surface area (Å²) in [5.74, 6) is -1.36. The highest BCUT2D eigenvalue weighted by Gasteiger charge is 2.51. The number of esters is 1. The number of cyclic esters (lactones) is 1. The van der Waals surface area contributed by atoms with Gasteiger partial charge in [0.1, 0.15) is 16.2 Å². The van der Waals surface area contributed by atoms with Gasteiger partial charge < -0.3 is 14.9 Å². The van der Waals surface area contributed by atoms with E-state index in [-0.39, 0.29) is 18.1 Å². The van der Waals surface area contributed by atoms with E-state index in [0.29, 0.717) is 12.8 Å². The van der Waals surface area contributed by atoms with Gasteiger partial charge in [-0.05, 0) is 63.4 Å². The van der Waals surface area contributed by atoms with Crippen LogP contribution in [0.4, 0.5) is 0 Å². The number of carbonyl (C=O) groups is 2. The number of thioether (sulfide) groups is 1. The number of hydrogen-bond acceptors (Lipinski definition) is 8. The molecule has 0 aromatic carbocycles. The van der Waals surface area contributed by atoms with Gasteiger partial charge in [-0.2, -0.15) is 0 Å². The first-order chi connectivity index (χ1) is 16.0. The van der Waals surface area contributed by atoms with Gasteiger partial charge in [0.2, 0.25) is 0 Å². The summed E-state index contributed by atoms with van der Waals surface area (Å²) in [4.78, 5) is 30.5. The monoisotopic (exact) mass is 507 g/mol. The maximum absolute atomic E-state index is 13.1. The lowest BCUT2D eigenvalue weighted by Crippen LogP contribution is -2.54. The van der Waals surface area contributed by atoms with E-state index in [1.165, 1.54) is 5.57 Å². The number of thiazole rings is 1. The van der Waals surface area contributed by atoms with E-state index in [0.717, 1.165) is 34.9 Å². The molecule has 2 N–H and O–H groups in total. The second-order valence-corrected chi connectivity index (χ2v) is 11.9. The van der Waals surface area contributed by atoms with Gasteiger partial charge in [-0.1, -0.05) is 37.3 Å². The van der Waals surface area contributed by atoms with Crippen molar-refractivity contribution in [2.24, 2.45) is 17.3 Å². The highest BCUT2D eigenvalue weighted by Crippen LogP contribution is 2.44. The van der Waals surface area contributed by atoms with E-state index in [1.807, 2.05) is 24.6 Å². The average molecular weight is 508 g/mol. The van der Waals surface area contributed by atoms with Gasteiger partial charge in [0.05, 0.1) is 29.7 Å². The molecule has 1 fully saturated rings. The molecule has 1 aliphatic carbocycles. The molecule has 1 aliphatic heterocycles. The Bertz CT molecular complexity index is 955. The standard InChI is InChI=1S/C26H37NO5S2/c1-15-7-6-8-18-13-26(4,24(31)17(3)23(18)30)21(28)12-22(29)32-20(10-9-15)16(2)11-19-14-34-25(27-19)33-5/h9,11,14,17-18,20-21,23,28,30H,6-8,10,12-13H2,1-5H3/b15-9-,16-11+/t17-,18-,20+,21+,23-,26-/m1/s1. The van der Waals surface area contributed by atoms with Crippen LogP contribution in [0.15, 0.2) is 26.9 Å². The molecule has 34 heavy (non-hydrogen) atoms. The number of rotatable bonds is 3. The van der Waals surface area contributed by atoms with Crippen LogP contribution in [0.5, 0.6) is 0 Å². The van der Waals surface area contributed by atoms with Crippen LogP contribution in [-0.2, 0) is 14.3 Å². The second kappa shape index (κ2) is 11.5. The molecule has 0 saturated heterocycles. The molecular formula is C26H37NO5S2. The van der Waals surface area contributed by atoms with Gasteiger partial charge in [0.15, 0.2) is 0 Å². The number of ether oxygens (including phenoxy) is 1. The zero-order valence-corrected chi connectivity index (χ0v) is 22.4. The molecule has 0 unspecified atom stereocenters. The number of aliphatic hydroxyl groups excluding tert-OH is 2. The molecule has 0 amide bonds. The average Bonchev–Trinajstić information content (AvgIpc) is 3.25. The number of aliphatic hydroxyl groups is 2. The van der Waals surface area contributed by atoms with Crippen LogP contribution in [0.3, 0.4) is 0 Å². The van der Waals surface area contributed by atoms with Crippen molar-refractivity contribution in [1.29, 1.82) is 0 Å². The maximum Gasteiger partial charge on any atom is 0.309 e. The lowest BCUT2D eigenvalue weighted by atomic mass is 9.60. The molecule has 2 aliphatic rings. The Labute approximate surface area is 210 Å². The lowest BCUT2D eigenvalue weighted by Gasteiger charge is -2.45. The molecular weight excluding hydrogens is 470 g/mol. The zero-order chi connectivity index (χ0) is 25.0. The fourth-order valence-electron chi connectivity index (χ4n) is 5.15. The first-order valence-corrected chi connectivity index (χ1v) is 14.1. The summed E-state index contributed by atoms with van der Waals surface area (Å²) in [6.07, 6.45) is 6.90. The first-order valence-electron chi connectivity index (χ1n) is 12.0. The Kier molecular flexibility index (Phi) is 9.17. The van der Waals surface area contributed by atoms with Crippen molar-refractivity contribution in [2.75, 3.05) is 6.26 Å². The molecule has 1 aromatic rings. The first kappa shape index (κ1) is 27.1.